The summed E-state index contributed by atoms with van der Waals surface area (Å²) < 4.78 is 8.21. The summed E-state index contributed by atoms with van der Waals surface area (Å²) in [6.07, 6.45) is 7.12. The Morgan fingerprint density at radius 2 is 1.90 bits per heavy atom. The third kappa shape index (κ3) is 5.62. The second-order valence-corrected chi connectivity index (χ2v) is 7.23. The second kappa shape index (κ2) is 11.1. The monoisotopic (exact) mass is 520 g/mol. The molecule has 0 bridgehead atoms. The van der Waals surface area contributed by atoms with E-state index in [0.717, 1.165) is 48.1 Å². The lowest BCUT2D eigenvalue weighted by Gasteiger charge is -2.16. The van der Waals surface area contributed by atoms with Gasteiger partial charge in [0, 0.05) is 18.3 Å². The number of hydrogen-bond donors (Lipinski definition) is 2. The summed E-state index contributed by atoms with van der Waals surface area (Å²) in [6.45, 7) is 3.93. The van der Waals surface area contributed by atoms with Gasteiger partial charge in [0.05, 0.1) is 19.2 Å². The third-order valence-corrected chi connectivity index (χ3v) is 5.12. The van der Waals surface area contributed by atoms with Crippen LogP contribution in [0.4, 0.5) is 0 Å². The Morgan fingerprint density at radius 1 is 1.10 bits per heavy atom. The van der Waals surface area contributed by atoms with Crippen LogP contribution in [0.5, 0.6) is 5.75 Å². The summed E-state index contributed by atoms with van der Waals surface area (Å²) in [5, 5.41) is 15.1. The fraction of sp³-hybridized carbons (Fsp3) is 0.409. The number of nitrogens with zero attached hydrogens (tertiary/aromatic N) is 4. The van der Waals surface area contributed by atoms with Crippen molar-refractivity contribution in [3.8, 4) is 5.75 Å². The van der Waals surface area contributed by atoms with E-state index in [0.29, 0.717) is 19.2 Å². The number of aliphatic imine (C=N–C) groups is 1. The van der Waals surface area contributed by atoms with E-state index < -0.39 is 0 Å². The van der Waals surface area contributed by atoms with Gasteiger partial charge in [0.2, 0.25) is 0 Å². The highest BCUT2D eigenvalue weighted by atomic mass is 127. The Labute approximate surface area is 194 Å². The molecule has 2 heterocycles. The summed E-state index contributed by atoms with van der Waals surface area (Å²) in [5.41, 5.74) is 1.94. The van der Waals surface area contributed by atoms with Gasteiger partial charge in [0.25, 0.3) is 0 Å². The normalized spacial score (nSPS) is 14.5. The van der Waals surface area contributed by atoms with Gasteiger partial charge in [-0.15, -0.1) is 34.2 Å². The zero-order valence-corrected chi connectivity index (χ0v) is 19.6. The average molecular weight is 520 g/mol. The van der Waals surface area contributed by atoms with E-state index >= 15 is 0 Å². The first-order chi connectivity index (χ1) is 14.3. The van der Waals surface area contributed by atoms with Gasteiger partial charge in [-0.25, -0.2) is 4.99 Å². The van der Waals surface area contributed by atoms with Crippen molar-refractivity contribution in [1.82, 2.24) is 25.2 Å². The van der Waals surface area contributed by atoms with Crippen LogP contribution in [0.15, 0.2) is 53.7 Å². The minimum absolute atomic E-state index is 0. The minimum atomic E-state index is 0. The van der Waals surface area contributed by atoms with Gasteiger partial charge in [0.15, 0.2) is 17.4 Å². The number of benzene rings is 1. The third-order valence-electron chi connectivity index (χ3n) is 5.12. The van der Waals surface area contributed by atoms with Gasteiger partial charge in [-0.3, -0.25) is 4.40 Å². The van der Waals surface area contributed by atoms with Crippen molar-refractivity contribution >= 4 is 35.6 Å². The van der Waals surface area contributed by atoms with E-state index in [9.17, 15) is 0 Å². The van der Waals surface area contributed by atoms with Crippen molar-refractivity contribution in [1.29, 1.82) is 0 Å². The predicted octanol–water partition coefficient (Wildman–Crippen LogP) is 3.92. The molecule has 2 aromatic heterocycles. The van der Waals surface area contributed by atoms with Crippen molar-refractivity contribution in [3.05, 3.63) is 60.0 Å². The summed E-state index contributed by atoms with van der Waals surface area (Å²) in [6, 6.07) is 14.1. The van der Waals surface area contributed by atoms with E-state index in [4.69, 9.17) is 9.73 Å². The molecule has 1 fully saturated rings. The van der Waals surface area contributed by atoms with Crippen molar-refractivity contribution in [3.63, 3.8) is 0 Å². The molecule has 0 spiro atoms. The highest BCUT2D eigenvalue weighted by Gasteiger charge is 2.17. The number of guanidine groups is 1. The van der Waals surface area contributed by atoms with Crippen molar-refractivity contribution in [2.75, 3.05) is 6.54 Å². The molecule has 3 aromatic rings. The van der Waals surface area contributed by atoms with Crippen LogP contribution in [0.2, 0.25) is 0 Å². The highest BCUT2D eigenvalue weighted by molar-refractivity contribution is 14.0. The molecular formula is C22H29IN6O. The van der Waals surface area contributed by atoms with Crippen LogP contribution in [0, 0.1) is 0 Å². The van der Waals surface area contributed by atoms with Gasteiger partial charge in [-0.1, -0.05) is 24.3 Å². The number of pyridine rings is 1. The molecule has 0 radical (unpaired) electrons. The Morgan fingerprint density at radius 3 is 2.73 bits per heavy atom. The Hall–Kier alpha value is -2.36. The largest absolute Gasteiger partial charge is 0.490 e. The van der Waals surface area contributed by atoms with Gasteiger partial charge in [0.1, 0.15) is 5.75 Å². The standard InChI is InChI=1S/C22H28N6O.HI/c1-2-23-22(25-16-21-27-26-20-13-7-8-14-28(20)21)24-15-17-9-3-6-12-19(17)29-18-10-4-5-11-18;/h3,6-9,12-14,18H,2,4-5,10-11,15-16H2,1H3,(H2,23,24,25);1H. The molecule has 0 amide bonds. The Balaban J connectivity index is 0.00000256. The number of ether oxygens (including phenoxy) is 1. The molecule has 0 atom stereocenters. The quantitative estimate of drug-likeness (QED) is 0.281. The lowest BCUT2D eigenvalue weighted by atomic mass is 10.2. The predicted molar refractivity (Wildman–Crippen MR) is 129 cm³/mol. The van der Waals surface area contributed by atoms with Crippen molar-refractivity contribution < 1.29 is 4.74 Å². The smallest absolute Gasteiger partial charge is 0.191 e. The van der Waals surface area contributed by atoms with Gasteiger partial charge >= 0.3 is 0 Å². The van der Waals surface area contributed by atoms with Crippen LogP contribution in [-0.4, -0.2) is 33.2 Å². The first-order valence-corrected chi connectivity index (χ1v) is 10.4. The van der Waals surface area contributed by atoms with E-state index in [2.05, 4.69) is 33.8 Å². The number of para-hydroxylation sites is 1. The van der Waals surface area contributed by atoms with Crippen molar-refractivity contribution in [2.24, 2.45) is 4.99 Å². The molecule has 1 aliphatic rings. The van der Waals surface area contributed by atoms with E-state index in [-0.39, 0.29) is 24.0 Å². The number of fused-ring (bicyclic) bond motifs is 1. The molecule has 1 aliphatic carbocycles. The molecule has 0 saturated heterocycles. The molecule has 0 aliphatic heterocycles. The van der Waals surface area contributed by atoms with Crippen LogP contribution in [0.3, 0.4) is 0 Å². The average Bonchev–Trinajstić information content (AvgIpc) is 3.41. The molecule has 2 N–H and O–H groups in total. The van der Waals surface area contributed by atoms with Crippen LogP contribution in [-0.2, 0) is 13.1 Å². The van der Waals surface area contributed by atoms with Crippen LogP contribution in [0.1, 0.15) is 44.0 Å². The van der Waals surface area contributed by atoms with E-state index in [1.165, 1.54) is 12.8 Å². The highest BCUT2D eigenvalue weighted by Crippen LogP contribution is 2.27. The van der Waals surface area contributed by atoms with Crippen LogP contribution < -0.4 is 15.4 Å². The maximum atomic E-state index is 6.23. The molecular weight excluding hydrogens is 491 g/mol. The topological polar surface area (TPSA) is 75.8 Å². The van der Waals surface area contributed by atoms with Crippen LogP contribution >= 0.6 is 24.0 Å². The first-order valence-electron chi connectivity index (χ1n) is 10.4. The lowest BCUT2D eigenvalue weighted by molar-refractivity contribution is 0.208. The zero-order valence-electron chi connectivity index (χ0n) is 17.3. The van der Waals surface area contributed by atoms with E-state index in [1.807, 2.05) is 47.0 Å². The Kier molecular flexibility index (Phi) is 8.30. The molecule has 1 aromatic carbocycles. The number of nitrogens with one attached hydrogen (secondary N) is 2. The maximum absolute atomic E-state index is 6.23. The minimum Gasteiger partial charge on any atom is -0.490 e. The SMILES string of the molecule is CCNC(=NCc1ccccc1OC1CCCC1)NCc1nnc2ccccn12.I. The molecule has 0 unspecified atom stereocenters. The Bertz CT molecular complexity index is 967. The summed E-state index contributed by atoms with van der Waals surface area (Å²) in [7, 11) is 0. The van der Waals surface area contributed by atoms with Gasteiger partial charge in [-0.05, 0) is 50.8 Å². The second-order valence-electron chi connectivity index (χ2n) is 7.23. The van der Waals surface area contributed by atoms with Gasteiger partial charge in [-0.2, -0.15) is 0 Å². The summed E-state index contributed by atoms with van der Waals surface area (Å²) in [4.78, 5) is 4.76. The van der Waals surface area contributed by atoms with Crippen molar-refractivity contribution in [2.45, 2.75) is 51.8 Å². The van der Waals surface area contributed by atoms with Crippen LogP contribution in [0.25, 0.3) is 5.65 Å². The number of rotatable bonds is 7. The molecule has 8 heteroatoms. The fourth-order valence-corrected chi connectivity index (χ4v) is 3.62. The lowest BCUT2D eigenvalue weighted by Crippen LogP contribution is -2.37. The molecule has 1 saturated carbocycles. The first kappa shape index (κ1) is 22.3. The fourth-order valence-electron chi connectivity index (χ4n) is 3.62. The number of aromatic nitrogens is 3. The van der Waals surface area contributed by atoms with Gasteiger partial charge < -0.3 is 15.4 Å². The molecule has 30 heavy (non-hydrogen) atoms. The maximum Gasteiger partial charge on any atom is 0.191 e. The number of halogens is 1. The number of hydrogen-bond acceptors (Lipinski definition) is 4. The molecule has 4 rings (SSSR count). The summed E-state index contributed by atoms with van der Waals surface area (Å²) in [5.74, 6) is 2.54. The zero-order chi connectivity index (χ0) is 19.9. The summed E-state index contributed by atoms with van der Waals surface area (Å²) >= 11 is 0. The molecule has 160 valence electrons. The molecule has 7 nitrogen and oxygen atoms in total. The van der Waals surface area contributed by atoms with E-state index in [1.54, 1.807) is 0 Å².